The quantitative estimate of drug-likeness (QED) is 0.184. The van der Waals surface area contributed by atoms with E-state index in [0.717, 1.165) is 0 Å². The van der Waals surface area contributed by atoms with Gasteiger partial charge in [0, 0.05) is 27.5 Å². The Morgan fingerprint density at radius 2 is 1.10 bits per heavy atom. The van der Waals surface area contributed by atoms with E-state index in [2.05, 4.69) is 0 Å². The summed E-state index contributed by atoms with van der Waals surface area (Å²) in [6.45, 7) is 0. The van der Waals surface area contributed by atoms with Crippen LogP contribution >= 0.6 is 0 Å². The van der Waals surface area contributed by atoms with E-state index in [4.69, 9.17) is 38.6 Å². The van der Waals surface area contributed by atoms with Crippen LogP contribution in [0.3, 0.4) is 0 Å². The number of rotatable bonds is 5. The van der Waals surface area contributed by atoms with Crippen molar-refractivity contribution in [3.05, 3.63) is 176 Å². The summed E-state index contributed by atoms with van der Waals surface area (Å²) in [5.74, 6) is 0.229. The van der Waals surface area contributed by atoms with Gasteiger partial charge in [-0.3, -0.25) is 0 Å². The van der Waals surface area contributed by atoms with Crippen molar-refractivity contribution < 1.29 is 23.6 Å². The van der Waals surface area contributed by atoms with Gasteiger partial charge in [-0.25, -0.2) is 15.0 Å². The molecule has 0 atom stereocenters. The molecule has 2 heterocycles. The van der Waals surface area contributed by atoms with Crippen molar-refractivity contribution in [1.82, 2.24) is 15.0 Å². The first-order chi connectivity index (χ1) is 31.0. The molecule has 0 fully saturated rings. The summed E-state index contributed by atoms with van der Waals surface area (Å²) < 4.78 is 125. The molecule has 4 nitrogen and oxygen atoms in total. The first-order valence-corrected chi connectivity index (χ1v) is 15.9. The predicted octanol–water partition coefficient (Wildman–Crippen LogP) is 12.4. The molecule has 0 aliphatic rings. The molecule has 238 valence electrons. The van der Waals surface area contributed by atoms with E-state index in [1.54, 1.807) is 54.6 Å². The molecule has 0 aliphatic carbocycles. The summed E-state index contributed by atoms with van der Waals surface area (Å²) in [7, 11) is 0. The average Bonchev–Trinajstić information content (AvgIpc) is 3.68. The average molecular weight is 666 g/mol. The number of hydrogen-bond acceptors (Lipinski definition) is 4. The van der Waals surface area contributed by atoms with Crippen LogP contribution in [0.2, 0.25) is 0 Å². The highest BCUT2D eigenvalue weighted by Crippen LogP contribution is 2.38. The van der Waals surface area contributed by atoms with E-state index >= 15 is 0 Å². The Morgan fingerprint density at radius 1 is 0.392 bits per heavy atom. The number of aromatic nitrogens is 3. The van der Waals surface area contributed by atoms with E-state index in [0.29, 0.717) is 49.4 Å². The van der Waals surface area contributed by atoms with Crippen LogP contribution in [0.5, 0.6) is 0 Å². The number of benzene rings is 8. The van der Waals surface area contributed by atoms with Gasteiger partial charge in [0.1, 0.15) is 11.2 Å². The van der Waals surface area contributed by atoms with Gasteiger partial charge in [-0.15, -0.1) is 0 Å². The number of para-hydroxylation sites is 1. The van der Waals surface area contributed by atoms with Crippen LogP contribution in [0.1, 0.15) is 19.2 Å². The van der Waals surface area contributed by atoms with Crippen LogP contribution in [0.4, 0.5) is 0 Å². The maximum Gasteiger partial charge on any atom is 0.164 e. The summed E-state index contributed by atoms with van der Waals surface area (Å²) in [5, 5.41) is 2.34. The molecular weight excluding hydrogens is 623 g/mol. The molecule has 10 aromatic rings. The van der Waals surface area contributed by atoms with Crippen molar-refractivity contribution in [2.75, 3.05) is 0 Å². The Morgan fingerprint density at radius 3 is 1.96 bits per heavy atom. The first-order valence-electron chi connectivity index (χ1n) is 22.9. The summed E-state index contributed by atoms with van der Waals surface area (Å²) in [6.07, 6.45) is 0. The number of hydrogen-bond donors (Lipinski definition) is 0. The molecule has 0 radical (unpaired) electrons. The number of nitrogens with zero attached hydrogens (tertiary/aromatic N) is 3. The highest BCUT2D eigenvalue weighted by Gasteiger charge is 2.19. The maximum absolute atomic E-state index is 9.17. The Balaban J connectivity index is 1.19. The smallest absolute Gasteiger partial charge is 0.164 e. The summed E-state index contributed by atoms with van der Waals surface area (Å²) in [4.78, 5) is 14.7. The number of furan rings is 1. The normalized spacial score (nSPS) is 15.4. The highest BCUT2D eigenvalue weighted by molar-refractivity contribution is 6.11. The topological polar surface area (TPSA) is 51.8 Å². The molecule has 4 heteroatoms. The molecule has 0 N–H and O–H groups in total. The van der Waals surface area contributed by atoms with Gasteiger partial charge in [0.25, 0.3) is 0 Å². The van der Waals surface area contributed by atoms with Crippen LogP contribution in [0, 0.1) is 0 Å². The number of fused-ring (bicyclic) bond motifs is 5. The zero-order valence-corrected chi connectivity index (χ0v) is 26.4. The molecule has 0 unspecified atom stereocenters. The molecule has 0 spiro atoms. The molecule has 0 bridgehead atoms. The van der Waals surface area contributed by atoms with E-state index in [1.165, 1.54) is 18.2 Å². The van der Waals surface area contributed by atoms with Crippen LogP contribution < -0.4 is 0 Å². The zero-order chi connectivity index (χ0) is 45.9. The zero-order valence-electron chi connectivity index (χ0n) is 40.4. The van der Waals surface area contributed by atoms with E-state index in [-0.39, 0.29) is 92.8 Å². The predicted molar refractivity (Wildman–Crippen MR) is 209 cm³/mol. The third-order valence-corrected chi connectivity index (χ3v) is 8.73. The van der Waals surface area contributed by atoms with Gasteiger partial charge < -0.3 is 4.42 Å². The fraction of sp³-hybridized carbons (Fsp3) is 0. The molecule has 2 aromatic heterocycles. The molecule has 8 aromatic carbocycles. The minimum atomic E-state index is -0.543. The van der Waals surface area contributed by atoms with Gasteiger partial charge in [0.05, 0.1) is 19.2 Å². The SMILES string of the molecule is [2H]c1cc([2H])c2oc3ccc([2H])c(-c4nc(-c5ccc6cc(-c7cc8c([2H])c([2H])c([2H])c([2H])c8c([2H])c7[2H])ccc6c5)nc(-c5ccccc5-c5c([2H])c([2H])c([2H])c([2H])c5[2H])n4)c3c2c1. The van der Waals surface area contributed by atoms with Gasteiger partial charge >= 0.3 is 0 Å². The molecule has 10 rings (SSSR count). The maximum atomic E-state index is 9.17. The Labute approximate surface area is 314 Å². The highest BCUT2D eigenvalue weighted by atomic mass is 16.3. The fourth-order valence-corrected chi connectivity index (χ4v) is 6.33. The van der Waals surface area contributed by atoms with Crippen LogP contribution in [0.25, 0.3) is 99.9 Å². The lowest BCUT2D eigenvalue weighted by atomic mass is 9.97. The van der Waals surface area contributed by atoms with Crippen LogP contribution in [-0.4, -0.2) is 15.0 Å². The summed E-state index contributed by atoms with van der Waals surface area (Å²) in [6, 6.07) is 20.5. The van der Waals surface area contributed by atoms with Gasteiger partial charge in [-0.2, -0.15) is 0 Å². The van der Waals surface area contributed by atoms with Crippen molar-refractivity contribution in [2.45, 2.75) is 0 Å². The van der Waals surface area contributed by atoms with E-state index < -0.39 is 42.3 Å². The van der Waals surface area contributed by atoms with Crippen molar-refractivity contribution in [1.29, 1.82) is 0 Å². The van der Waals surface area contributed by atoms with Gasteiger partial charge in [0.15, 0.2) is 17.5 Å². The Hall–Kier alpha value is -6.91. The van der Waals surface area contributed by atoms with Crippen molar-refractivity contribution in [3.63, 3.8) is 0 Å². The fourth-order valence-electron chi connectivity index (χ4n) is 6.33. The van der Waals surface area contributed by atoms with Gasteiger partial charge in [-0.1, -0.05) is 145 Å². The first kappa shape index (κ1) is 18.2. The molecule has 0 saturated heterocycles. The van der Waals surface area contributed by atoms with Crippen molar-refractivity contribution >= 4 is 43.5 Å². The molecule has 0 amide bonds. The van der Waals surface area contributed by atoms with Gasteiger partial charge in [-0.05, 0) is 74.1 Å². The molecule has 0 saturated carbocycles. The van der Waals surface area contributed by atoms with E-state index in [9.17, 15) is 0 Å². The van der Waals surface area contributed by atoms with Crippen molar-refractivity contribution in [3.8, 4) is 56.4 Å². The van der Waals surface area contributed by atoms with Crippen molar-refractivity contribution in [2.24, 2.45) is 0 Å². The molecule has 0 aliphatic heterocycles. The standard InChI is InChI=1S/C47H29N3O/c1-2-12-31(13-3-1)38-15-6-7-16-39(38)46-48-45(49-47(50-46)41-18-10-20-43-44(41)40-17-8-9-19-42(40)51-43)37-26-25-35-28-34(23-24-36(35)29-37)33-22-21-30-11-4-5-14-32(30)27-33/h1-29H/i1D,2D,3D,4D,5D,8D,11D,12D,13D,14D,18D,19D,21D,22D. The van der Waals surface area contributed by atoms with Crippen LogP contribution in [0.15, 0.2) is 180 Å². The molecule has 51 heavy (non-hydrogen) atoms. The Bertz CT molecular complexity index is 3710. The third kappa shape index (κ3) is 5.13. The lowest BCUT2D eigenvalue weighted by Gasteiger charge is -2.13. The summed E-state index contributed by atoms with van der Waals surface area (Å²) >= 11 is 0. The largest absolute Gasteiger partial charge is 0.456 e. The monoisotopic (exact) mass is 665 g/mol. The lowest BCUT2D eigenvalue weighted by Crippen LogP contribution is -2.01. The second-order valence-corrected chi connectivity index (χ2v) is 11.8. The van der Waals surface area contributed by atoms with Gasteiger partial charge in [0.2, 0.25) is 0 Å². The Kier molecular flexibility index (Phi) is 4.24. The minimum Gasteiger partial charge on any atom is -0.456 e. The van der Waals surface area contributed by atoms with E-state index in [1.807, 2.05) is 18.2 Å². The van der Waals surface area contributed by atoms with Crippen LogP contribution in [-0.2, 0) is 0 Å². The minimum absolute atomic E-state index is 0.00372. The second kappa shape index (κ2) is 11.9. The lowest BCUT2D eigenvalue weighted by molar-refractivity contribution is 0.669. The molecular formula is C47H29N3O. The summed E-state index contributed by atoms with van der Waals surface area (Å²) in [5.41, 5.74) is 2.62. The second-order valence-electron chi connectivity index (χ2n) is 11.8. The third-order valence-electron chi connectivity index (χ3n) is 8.73.